The zero-order chi connectivity index (χ0) is 12.3. The Morgan fingerprint density at radius 2 is 2.00 bits per heavy atom. The van der Waals surface area contributed by atoms with Gasteiger partial charge in [-0.15, -0.1) is 0 Å². The van der Waals surface area contributed by atoms with Crippen LogP contribution < -0.4 is 9.47 Å². The number of rotatable bonds is 0. The number of nitrogens with zero attached hydrogens (tertiary/aromatic N) is 2. The van der Waals surface area contributed by atoms with Gasteiger partial charge in [-0.05, 0) is 24.7 Å². The fourth-order valence-electron chi connectivity index (χ4n) is 3.00. The maximum absolute atomic E-state index is 12.3. The van der Waals surface area contributed by atoms with E-state index < -0.39 is 0 Å². The average Bonchev–Trinajstić information content (AvgIpc) is 2.92. The molecule has 0 bridgehead atoms. The number of hydrogen-bond acceptors (Lipinski definition) is 4. The molecule has 0 aromatic heterocycles. The molecule has 4 rings (SSSR count). The van der Waals surface area contributed by atoms with Gasteiger partial charge in [0.15, 0.2) is 11.5 Å². The van der Waals surface area contributed by atoms with Crippen molar-refractivity contribution in [3.05, 3.63) is 23.3 Å². The van der Waals surface area contributed by atoms with Crippen molar-refractivity contribution in [3.8, 4) is 11.5 Å². The summed E-state index contributed by atoms with van der Waals surface area (Å²) in [5, 5.41) is 0. The standard InChI is InChI=1S/C13H14N2O3/c1-14-2-3-15-10(6-14)8-4-11-12(18-7-17-11)5-9(8)13(15)16/h4-5,10H,2-3,6-7H2,1H3. The van der Waals surface area contributed by atoms with Gasteiger partial charge in [0, 0.05) is 25.2 Å². The van der Waals surface area contributed by atoms with E-state index >= 15 is 0 Å². The first kappa shape index (κ1) is 10.2. The molecule has 1 saturated heterocycles. The van der Waals surface area contributed by atoms with Gasteiger partial charge in [0.1, 0.15) is 0 Å². The number of fused-ring (bicyclic) bond motifs is 4. The largest absolute Gasteiger partial charge is 0.454 e. The lowest BCUT2D eigenvalue weighted by atomic mass is 10.0. The molecule has 5 heteroatoms. The Morgan fingerprint density at radius 3 is 2.83 bits per heavy atom. The summed E-state index contributed by atoms with van der Waals surface area (Å²) in [4.78, 5) is 16.6. The molecule has 0 aliphatic carbocycles. The summed E-state index contributed by atoms with van der Waals surface area (Å²) in [5.74, 6) is 1.58. The fraction of sp³-hybridized carbons (Fsp3) is 0.462. The number of carbonyl (C=O) groups excluding carboxylic acids is 1. The third-order valence-corrected chi connectivity index (χ3v) is 3.98. The molecule has 1 amide bonds. The minimum absolute atomic E-state index is 0.126. The smallest absolute Gasteiger partial charge is 0.254 e. The van der Waals surface area contributed by atoms with Crippen molar-refractivity contribution < 1.29 is 14.3 Å². The fourth-order valence-corrected chi connectivity index (χ4v) is 3.00. The van der Waals surface area contributed by atoms with E-state index in [4.69, 9.17) is 9.47 Å². The van der Waals surface area contributed by atoms with Gasteiger partial charge in [-0.25, -0.2) is 0 Å². The SMILES string of the molecule is CN1CCN2C(=O)c3cc4c(cc3C2C1)OCO4. The zero-order valence-corrected chi connectivity index (χ0v) is 10.2. The molecule has 3 heterocycles. The van der Waals surface area contributed by atoms with Crippen LogP contribution in [0.1, 0.15) is 22.0 Å². The monoisotopic (exact) mass is 246 g/mol. The molecule has 94 valence electrons. The predicted molar refractivity (Wildman–Crippen MR) is 63.8 cm³/mol. The normalized spacial score (nSPS) is 25.3. The van der Waals surface area contributed by atoms with Crippen molar-refractivity contribution in [1.29, 1.82) is 0 Å². The van der Waals surface area contributed by atoms with Crippen LogP contribution in [-0.4, -0.2) is 49.2 Å². The third-order valence-electron chi connectivity index (χ3n) is 3.98. The van der Waals surface area contributed by atoms with E-state index in [2.05, 4.69) is 11.9 Å². The van der Waals surface area contributed by atoms with Crippen LogP contribution in [0.3, 0.4) is 0 Å². The zero-order valence-electron chi connectivity index (χ0n) is 10.2. The van der Waals surface area contributed by atoms with Crippen molar-refractivity contribution in [2.24, 2.45) is 0 Å². The van der Waals surface area contributed by atoms with Gasteiger partial charge in [0.25, 0.3) is 5.91 Å². The minimum atomic E-state index is 0.126. The molecule has 0 N–H and O–H groups in total. The van der Waals surface area contributed by atoms with E-state index in [9.17, 15) is 4.79 Å². The van der Waals surface area contributed by atoms with Gasteiger partial charge in [0.05, 0.1) is 6.04 Å². The lowest BCUT2D eigenvalue weighted by Crippen LogP contribution is -2.45. The summed E-state index contributed by atoms with van der Waals surface area (Å²) in [5.41, 5.74) is 1.86. The Labute approximate surface area is 105 Å². The molecule has 0 spiro atoms. The van der Waals surface area contributed by atoms with E-state index in [0.717, 1.165) is 36.5 Å². The minimum Gasteiger partial charge on any atom is -0.454 e. The highest BCUT2D eigenvalue weighted by Crippen LogP contribution is 2.43. The van der Waals surface area contributed by atoms with E-state index in [-0.39, 0.29) is 18.7 Å². The van der Waals surface area contributed by atoms with Crippen molar-refractivity contribution in [1.82, 2.24) is 9.80 Å². The number of carbonyl (C=O) groups is 1. The second kappa shape index (κ2) is 3.38. The lowest BCUT2D eigenvalue weighted by Gasteiger charge is -2.35. The molecule has 1 atom stereocenters. The van der Waals surface area contributed by atoms with Gasteiger partial charge in [0.2, 0.25) is 6.79 Å². The summed E-state index contributed by atoms with van der Waals surface area (Å²) in [6.07, 6.45) is 0. The summed E-state index contributed by atoms with van der Waals surface area (Å²) >= 11 is 0. The average molecular weight is 246 g/mol. The number of amides is 1. The quantitative estimate of drug-likeness (QED) is 0.681. The predicted octanol–water partition coefficient (Wildman–Crippen LogP) is 0.858. The number of benzene rings is 1. The van der Waals surface area contributed by atoms with Gasteiger partial charge < -0.3 is 19.3 Å². The van der Waals surface area contributed by atoms with Crippen molar-refractivity contribution in [2.45, 2.75) is 6.04 Å². The molecule has 1 aromatic rings. The molecular formula is C13H14N2O3. The molecule has 1 aromatic carbocycles. The molecule has 5 nitrogen and oxygen atoms in total. The first-order valence-electron chi connectivity index (χ1n) is 6.17. The highest BCUT2D eigenvalue weighted by Gasteiger charge is 2.40. The second-order valence-electron chi connectivity index (χ2n) is 5.07. The van der Waals surface area contributed by atoms with E-state index in [1.165, 1.54) is 0 Å². The molecular weight excluding hydrogens is 232 g/mol. The van der Waals surface area contributed by atoms with Crippen LogP contribution in [0.5, 0.6) is 11.5 Å². The lowest BCUT2D eigenvalue weighted by molar-refractivity contribution is 0.0569. The third kappa shape index (κ3) is 1.22. The number of hydrogen-bond donors (Lipinski definition) is 0. The topological polar surface area (TPSA) is 42.0 Å². The van der Waals surface area contributed by atoms with E-state index in [0.29, 0.717) is 5.75 Å². The van der Waals surface area contributed by atoms with Crippen LogP contribution in [0.15, 0.2) is 12.1 Å². The Balaban J connectivity index is 1.83. The first-order chi connectivity index (χ1) is 8.74. The molecule has 3 aliphatic rings. The Bertz CT molecular complexity index is 543. The van der Waals surface area contributed by atoms with Crippen LogP contribution in [0, 0.1) is 0 Å². The van der Waals surface area contributed by atoms with Gasteiger partial charge in [-0.1, -0.05) is 0 Å². The van der Waals surface area contributed by atoms with Crippen molar-refractivity contribution in [3.63, 3.8) is 0 Å². The molecule has 0 saturated carbocycles. The Hall–Kier alpha value is -1.75. The van der Waals surface area contributed by atoms with Crippen LogP contribution in [-0.2, 0) is 0 Å². The molecule has 18 heavy (non-hydrogen) atoms. The van der Waals surface area contributed by atoms with Crippen molar-refractivity contribution in [2.75, 3.05) is 33.5 Å². The van der Waals surface area contributed by atoms with Gasteiger partial charge in [-0.2, -0.15) is 0 Å². The van der Waals surface area contributed by atoms with Gasteiger partial charge >= 0.3 is 0 Å². The summed E-state index contributed by atoms with van der Waals surface area (Å²) < 4.78 is 10.7. The first-order valence-corrected chi connectivity index (χ1v) is 6.17. The van der Waals surface area contributed by atoms with E-state index in [1.807, 2.05) is 17.0 Å². The van der Waals surface area contributed by atoms with Crippen LogP contribution in [0.2, 0.25) is 0 Å². The Morgan fingerprint density at radius 1 is 1.22 bits per heavy atom. The maximum atomic E-state index is 12.3. The summed E-state index contributed by atoms with van der Waals surface area (Å²) in [7, 11) is 2.09. The Kier molecular flexibility index (Phi) is 1.92. The molecule has 1 fully saturated rings. The summed E-state index contributed by atoms with van der Waals surface area (Å²) in [6, 6.07) is 3.97. The maximum Gasteiger partial charge on any atom is 0.254 e. The molecule has 3 aliphatic heterocycles. The van der Waals surface area contributed by atoms with Crippen LogP contribution in [0.4, 0.5) is 0 Å². The molecule has 0 radical (unpaired) electrons. The number of ether oxygens (including phenoxy) is 2. The number of likely N-dealkylation sites (N-methyl/N-ethyl adjacent to an activating group) is 1. The second-order valence-corrected chi connectivity index (χ2v) is 5.07. The van der Waals surface area contributed by atoms with Gasteiger partial charge in [-0.3, -0.25) is 4.79 Å². The highest BCUT2D eigenvalue weighted by molar-refractivity contribution is 6.00. The summed E-state index contributed by atoms with van der Waals surface area (Å²) in [6.45, 7) is 2.86. The van der Waals surface area contributed by atoms with Crippen LogP contribution >= 0.6 is 0 Å². The van der Waals surface area contributed by atoms with Crippen molar-refractivity contribution >= 4 is 5.91 Å². The van der Waals surface area contributed by atoms with Crippen LogP contribution in [0.25, 0.3) is 0 Å². The molecule has 1 unspecified atom stereocenters. The van der Waals surface area contributed by atoms with E-state index in [1.54, 1.807) is 0 Å². The highest BCUT2D eigenvalue weighted by atomic mass is 16.7. The number of piperazine rings is 1.